The molecule has 1 aliphatic rings. The number of anilines is 2. The molecule has 5 nitrogen and oxygen atoms in total. The molecular formula is C21H28N4O. The molecule has 1 fully saturated rings. The summed E-state index contributed by atoms with van der Waals surface area (Å²) in [6.45, 7) is 10.3. The zero-order valence-electron chi connectivity index (χ0n) is 16.1. The summed E-state index contributed by atoms with van der Waals surface area (Å²) in [6.07, 6.45) is 3.48. The third-order valence-corrected chi connectivity index (χ3v) is 5.02. The summed E-state index contributed by atoms with van der Waals surface area (Å²) in [5.74, 6) is 0.240. The van der Waals surface area contributed by atoms with Crippen LogP contribution in [0.25, 0.3) is 0 Å². The van der Waals surface area contributed by atoms with Crippen molar-refractivity contribution >= 4 is 17.3 Å². The summed E-state index contributed by atoms with van der Waals surface area (Å²) < 4.78 is 0. The van der Waals surface area contributed by atoms with Crippen LogP contribution in [0.1, 0.15) is 41.3 Å². The van der Waals surface area contributed by atoms with Crippen LogP contribution in [0.4, 0.5) is 11.4 Å². The number of rotatable bonds is 4. The fraction of sp³-hybridized carbons (Fsp3) is 0.429. The Kier molecular flexibility index (Phi) is 5.57. The van der Waals surface area contributed by atoms with Gasteiger partial charge in [-0.2, -0.15) is 0 Å². The van der Waals surface area contributed by atoms with E-state index in [9.17, 15) is 4.79 Å². The zero-order valence-corrected chi connectivity index (χ0v) is 16.1. The lowest BCUT2D eigenvalue weighted by Crippen LogP contribution is -2.44. The van der Waals surface area contributed by atoms with Gasteiger partial charge in [-0.15, -0.1) is 0 Å². The average Bonchev–Trinajstić information content (AvgIpc) is 2.64. The van der Waals surface area contributed by atoms with Crippen LogP contribution in [0.2, 0.25) is 0 Å². The van der Waals surface area contributed by atoms with Crippen molar-refractivity contribution in [1.82, 2.24) is 9.88 Å². The number of likely N-dealkylation sites (N-methyl/N-ethyl adjacent to an activating group) is 1. The van der Waals surface area contributed by atoms with Gasteiger partial charge in [-0.05, 0) is 37.1 Å². The molecule has 138 valence electrons. The maximum absolute atomic E-state index is 12.9. The first-order valence-corrected chi connectivity index (χ1v) is 9.25. The number of benzene rings is 1. The van der Waals surface area contributed by atoms with Gasteiger partial charge in [0.25, 0.3) is 5.91 Å². The maximum atomic E-state index is 12.9. The molecule has 2 heterocycles. The van der Waals surface area contributed by atoms with Gasteiger partial charge >= 0.3 is 0 Å². The largest absolute Gasteiger partial charge is 0.368 e. The van der Waals surface area contributed by atoms with Crippen molar-refractivity contribution in [3.63, 3.8) is 0 Å². The van der Waals surface area contributed by atoms with Gasteiger partial charge in [-0.1, -0.05) is 32.0 Å². The van der Waals surface area contributed by atoms with Crippen molar-refractivity contribution in [2.75, 3.05) is 43.4 Å². The molecule has 26 heavy (non-hydrogen) atoms. The second kappa shape index (κ2) is 7.87. The van der Waals surface area contributed by atoms with Crippen molar-refractivity contribution in [2.24, 2.45) is 0 Å². The third kappa shape index (κ3) is 4.05. The molecule has 0 aliphatic carbocycles. The van der Waals surface area contributed by atoms with Gasteiger partial charge in [-0.3, -0.25) is 9.78 Å². The smallest absolute Gasteiger partial charge is 0.257 e. The van der Waals surface area contributed by atoms with E-state index in [0.717, 1.165) is 48.7 Å². The van der Waals surface area contributed by atoms with E-state index in [1.165, 1.54) is 0 Å². The van der Waals surface area contributed by atoms with E-state index in [1.54, 1.807) is 6.20 Å². The summed E-state index contributed by atoms with van der Waals surface area (Å²) in [7, 11) is 2.13. The van der Waals surface area contributed by atoms with E-state index < -0.39 is 0 Å². The molecule has 0 saturated carbocycles. The Hall–Kier alpha value is -2.40. The topological polar surface area (TPSA) is 48.5 Å². The highest BCUT2D eigenvalue weighted by Crippen LogP contribution is 2.28. The van der Waals surface area contributed by atoms with Gasteiger partial charge in [-0.25, -0.2) is 0 Å². The van der Waals surface area contributed by atoms with Crippen molar-refractivity contribution in [2.45, 2.75) is 26.7 Å². The standard InChI is InChI=1S/C21H28N4O/c1-15(2)19-7-5-6-16(3)20(19)23-21(26)17-12-18(14-22-13-17)25-10-8-24(4)9-11-25/h5-7,12-15H,8-11H2,1-4H3,(H,23,26). The lowest BCUT2D eigenvalue weighted by Gasteiger charge is -2.33. The predicted molar refractivity (Wildman–Crippen MR) is 107 cm³/mol. The van der Waals surface area contributed by atoms with Gasteiger partial charge in [0.2, 0.25) is 0 Å². The van der Waals surface area contributed by atoms with E-state index >= 15 is 0 Å². The van der Waals surface area contributed by atoms with Crippen molar-refractivity contribution in [1.29, 1.82) is 0 Å². The van der Waals surface area contributed by atoms with Crippen LogP contribution < -0.4 is 10.2 Å². The Bertz CT molecular complexity index is 779. The van der Waals surface area contributed by atoms with Gasteiger partial charge in [0.05, 0.1) is 17.4 Å². The van der Waals surface area contributed by atoms with E-state index in [0.29, 0.717) is 11.5 Å². The molecule has 5 heteroatoms. The molecule has 1 aromatic carbocycles. The first-order chi connectivity index (χ1) is 12.5. The number of carbonyl (C=O) groups is 1. The minimum absolute atomic E-state index is 0.107. The SMILES string of the molecule is Cc1cccc(C(C)C)c1NC(=O)c1cncc(N2CCN(C)CC2)c1. The summed E-state index contributed by atoms with van der Waals surface area (Å²) >= 11 is 0. The summed E-state index contributed by atoms with van der Waals surface area (Å²) in [5, 5.41) is 3.11. The van der Waals surface area contributed by atoms with Crippen LogP contribution in [0.15, 0.2) is 36.7 Å². The minimum Gasteiger partial charge on any atom is -0.368 e. The Morgan fingerprint density at radius 1 is 1.15 bits per heavy atom. The molecular weight excluding hydrogens is 324 g/mol. The third-order valence-electron chi connectivity index (χ3n) is 5.02. The average molecular weight is 352 g/mol. The fourth-order valence-corrected chi connectivity index (χ4v) is 3.32. The van der Waals surface area contributed by atoms with E-state index in [2.05, 4.69) is 47.1 Å². The number of carbonyl (C=O) groups excluding carboxylic acids is 1. The molecule has 3 rings (SSSR count). The first-order valence-electron chi connectivity index (χ1n) is 9.25. The molecule has 2 aromatic rings. The highest BCUT2D eigenvalue weighted by Gasteiger charge is 2.17. The molecule has 0 unspecified atom stereocenters. The number of aryl methyl sites for hydroxylation is 1. The van der Waals surface area contributed by atoms with Gasteiger partial charge in [0.1, 0.15) is 0 Å². The zero-order chi connectivity index (χ0) is 18.7. The quantitative estimate of drug-likeness (QED) is 0.915. The van der Waals surface area contributed by atoms with Gasteiger partial charge < -0.3 is 15.1 Å². The molecule has 1 saturated heterocycles. The van der Waals surface area contributed by atoms with Crippen LogP contribution in [0, 0.1) is 6.92 Å². The number of hydrogen-bond acceptors (Lipinski definition) is 4. The Morgan fingerprint density at radius 3 is 2.58 bits per heavy atom. The van der Waals surface area contributed by atoms with Crippen LogP contribution >= 0.6 is 0 Å². The van der Waals surface area contributed by atoms with Crippen LogP contribution in [0.3, 0.4) is 0 Å². The molecule has 0 radical (unpaired) electrons. The van der Waals surface area contributed by atoms with Gasteiger partial charge in [0, 0.05) is 38.1 Å². The number of nitrogens with one attached hydrogen (secondary N) is 1. The lowest BCUT2D eigenvalue weighted by atomic mass is 9.98. The van der Waals surface area contributed by atoms with Crippen LogP contribution in [0.5, 0.6) is 0 Å². The molecule has 0 bridgehead atoms. The number of piperazine rings is 1. The lowest BCUT2D eigenvalue weighted by molar-refractivity contribution is 0.102. The van der Waals surface area contributed by atoms with E-state index in [-0.39, 0.29) is 5.91 Å². The molecule has 1 N–H and O–H groups in total. The fourth-order valence-electron chi connectivity index (χ4n) is 3.32. The second-order valence-electron chi connectivity index (χ2n) is 7.37. The Balaban J connectivity index is 1.80. The van der Waals surface area contributed by atoms with Crippen molar-refractivity contribution in [3.05, 3.63) is 53.3 Å². The monoisotopic (exact) mass is 352 g/mol. The number of nitrogens with zero attached hydrogens (tertiary/aromatic N) is 3. The molecule has 0 spiro atoms. The molecule has 0 atom stereocenters. The van der Waals surface area contributed by atoms with E-state index in [4.69, 9.17) is 0 Å². The van der Waals surface area contributed by atoms with Crippen LogP contribution in [-0.2, 0) is 0 Å². The minimum atomic E-state index is -0.107. The summed E-state index contributed by atoms with van der Waals surface area (Å²) in [5.41, 5.74) is 4.76. The highest BCUT2D eigenvalue weighted by molar-refractivity contribution is 6.05. The number of hydrogen-bond donors (Lipinski definition) is 1. The van der Waals surface area contributed by atoms with Crippen LogP contribution in [-0.4, -0.2) is 49.0 Å². The Labute approximate surface area is 156 Å². The Morgan fingerprint density at radius 2 is 1.88 bits per heavy atom. The molecule has 1 aliphatic heterocycles. The first kappa shape index (κ1) is 18.4. The van der Waals surface area contributed by atoms with Crippen molar-refractivity contribution < 1.29 is 4.79 Å². The number of aromatic nitrogens is 1. The normalized spacial score (nSPS) is 15.3. The predicted octanol–water partition coefficient (Wildman–Crippen LogP) is 3.52. The summed E-state index contributed by atoms with van der Waals surface area (Å²) in [4.78, 5) is 21.8. The second-order valence-corrected chi connectivity index (χ2v) is 7.37. The van der Waals surface area contributed by atoms with E-state index in [1.807, 2.05) is 31.3 Å². The highest BCUT2D eigenvalue weighted by atomic mass is 16.1. The summed E-state index contributed by atoms with van der Waals surface area (Å²) in [6, 6.07) is 8.09. The van der Waals surface area contributed by atoms with Crippen molar-refractivity contribution in [3.8, 4) is 0 Å². The number of para-hydroxylation sites is 1. The maximum Gasteiger partial charge on any atom is 0.257 e. The molecule has 1 aromatic heterocycles. The number of amides is 1. The molecule has 1 amide bonds. The number of pyridine rings is 1. The van der Waals surface area contributed by atoms with Gasteiger partial charge in [0.15, 0.2) is 0 Å².